The maximum absolute atomic E-state index is 9.09. The van der Waals surface area contributed by atoms with Crippen molar-refractivity contribution in [2.24, 2.45) is 5.73 Å². The number of hydrogen-bond acceptors (Lipinski definition) is 4. The largest absolute Gasteiger partial charge is 0.492 e. The Morgan fingerprint density at radius 3 is 3.00 bits per heavy atom. The van der Waals surface area contributed by atoms with Crippen molar-refractivity contribution in [1.29, 1.82) is 5.26 Å². The fourth-order valence-electron chi connectivity index (χ4n) is 2.50. The predicted molar refractivity (Wildman–Crippen MR) is 79.3 cm³/mol. The number of nitrogens with two attached hydrogens (primary N) is 1. The van der Waals surface area contributed by atoms with Crippen molar-refractivity contribution in [2.45, 2.75) is 38.3 Å². The fraction of sp³-hybridized carbons (Fsp3) is 0.562. The summed E-state index contributed by atoms with van der Waals surface area (Å²) in [6.07, 6.45) is 2.40. The molecule has 0 spiro atoms. The predicted octanol–water partition coefficient (Wildman–Crippen LogP) is 2.29. The van der Waals surface area contributed by atoms with Gasteiger partial charge in [-0.1, -0.05) is 25.1 Å². The summed E-state index contributed by atoms with van der Waals surface area (Å²) in [5.41, 5.74) is 6.58. The Hall–Kier alpha value is -1.57. The molecule has 2 rings (SSSR count). The van der Waals surface area contributed by atoms with Crippen molar-refractivity contribution in [2.75, 3.05) is 19.7 Å². The lowest BCUT2D eigenvalue weighted by atomic mass is 9.93. The molecule has 0 fully saturated rings. The molecular formula is C16H23N3O. The Kier molecular flexibility index (Phi) is 4.99. The lowest BCUT2D eigenvalue weighted by molar-refractivity contribution is 0.219. The lowest BCUT2D eigenvalue weighted by Crippen LogP contribution is -2.38. The van der Waals surface area contributed by atoms with Gasteiger partial charge in [0.1, 0.15) is 17.9 Å². The minimum Gasteiger partial charge on any atom is -0.492 e. The molecule has 0 bridgehead atoms. The number of nitrogens with zero attached hydrogens (tertiary/aromatic N) is 2. The van der Waals surface area contributed by atoms with Crippen LogP contribution in [0.1, 0.15) is 31.7 Å². The van der Waals surface area contributed by atoms with Crippen LogP contribution in [-0.2, 0) is 6.54 Å². The molecule has 4 heteroatoms. The highest BCUT2D eigenvalue weighted by molar-refractivity contribution is 5.33. The molecule has 1 unspecified atom stereocenters. The van der Waals surface area contributed by atoms with E-state index in [4.69, 9.17) is 15.7 Å². The Labute approximate surface area is 121 Å². The first-order valence-corrected chi connectivity index (χ1v) is 7.30. The van der Waals surface area contributed by atoms with E-state index in [1.807, 2.05) is 25.1 Å². The van der Waals surface area contributed by atoms with Crippen molar-refractivity contribution in [3.8, 4) is 11.8 Å². The van der Waals surface area contributed by atoms with Gasteiger partial charge < -0.3 is 10.5 Å². The van der Waals surface area contributed by atoms with Crippen LogP contribution in [0.3, 0.4) is 0 Å². The first-order chi connectivity index (χ1) is 9.67. The molecule has 1 heterocycles. The Morgan fingerprint density at radius 2 is 2.25 bits per heavy atom. The zero-order chi connectivity index (χ0) is 14.4. The number of para-hydroxylation sites is 1. The monoisotopic (exact) mass is 273 g/mol. The second-order valence-electron chi connectivity index (χ2n) is 5.46. The maximum Gasteiger partial charge on any atom is 0.123 e. The van der Waals surface area contributed by atoms with Crippen molar-refractivity contribution < 1.29 is 4.74 Å². The number of hydrogen-bond donors (Lipinski definition) is 1. The smallest absolute Gasteiger partial charge is 0.123 e. The van der Waals surface area contributed by atoms with Crippen LogP contribution in [0.25, 0.3) is 0 Å². The minimum atomic E-state index is -0.666. The summed E-state index contributed by atoms with van der Waals surface area (Å²) in [7, 11) is 0. The van der Waals surface area contributed by atoms with Crippen LogP contribution in [0.15, 0.2) is 24.3 Å². The number of rotatable bonds is 5. The molecule has 4 nitrogen and oxygen atoms in total. The highest BCUT2D eigenvalue weighted by Crippen LogP contribution is 2.23. The first kappa shape index (κ1) is 14.8. The third kappa shape index (κ3) is 3.72. The van der Waals surface area contributed by atoms with E-state index in [2.05, 4.69) is 17.0 Å². The molecule has 0 amide bonds. The molecule has 1 aliphatic heterocycles. The second kappa shape index (κ2) is 6.74. The third-order valence-corrected chi connectivity index (χ3v) is 3.98. The Bertz CT molecular complexity index is 483. The van der Waals surface area contributed by atoms with E-state index in [0.29, 0.717) is 6.42 Å². The van der Waals surface area contributed by atoms with Crippen LogP contribution in [0.5, 0.6) is 5.75 Å². The average Bonchev–Trinajstić information content (AvgIpc) is 2.68. The van der Waals surface area contributed by atoms with Gasteiger partial charge in [0.2, 0.25) is 0 Å². The average molecular weight is 273 g/mol. The van der Waals surface area contributed by atoms with Gasteiger partial charge in [0, 0.05) is 18.7 Å². The highest BCUT2D eigenvalue weighted by atomic mass is 16.5. The zero-order valence-corrected chi connectivity index (χ0v) is 12.1. The molecule has 0 radical (unpaired) electrons. The number of fused-ring (bicyclic) bond motifs is 1. The van der Waals surface area contributed by atoms with Gasteiger partial charge in [0.15, 0.2) is 0 Å². The highest BCUT2D eigenvalue weighted by Gasteiger charge is 2.22. The van der Waals surface area contributed by atoms with E-state index in [9.17, 15) is 0 Å². The van der Waals surface area contributed by atoms with Gasteiger partial charge in [-0.05, 0) is 31.9 Å². The summed E-state index contributed by atoms with van der Waals surface area (Å²) in [5.74, 6) is 0.994. The third-order valence-electron chi connectivity index (χ3n) is 3.98. The molecule has 1 aromatic rings. The quantitative estimate of drug-likeness (QED) is 0.894. The van der Waals surface area contributed by atoms with Gasteiger partial charge in [-0.2, -0.15) is 5.26 Å². The van der Waals surface area contributed by atoms with Crippen molar-refractivity contribution in [3.05, 3.63) is 29.8 Å². The molecule has 108 valence electrons. The molecule has 20 heavy (non-hydrogen) atoms. The van der Waals surface area contributed by atoms with Gasteiger partial charge in [-0.3, -0.25) is 4.90 Å². The Balaban J connectivity index is 1.87. The van der Waals surface area contributed by atoms with Crippen LogP contribution in [0, 0.1) is 11.3 Å². The summed E-state index contributed by atoms with van der Waals surface area (Å²) < 4.78 is 5.75. The molecular weight excluding hydrogens is 250 g/mol. The molecule has 0 saturated heterocycles. The fourth-order valence-corrected chi connectivity index (χ4v) is 2.50. The van der Waals surface area contributed by atoms with Crippen molar-refractivity contribution in [1.82, 2.24) is 4.90 Å². The van der Waals surface area contributed by atoms with E-state index in [-0.39, 0.29) is 0 Å². The van der Waals surface area contributed by atoms with Crippen LogP contribution >= 0.6 is 0 Å². The van der Waals surface area contributed by atoms with Crippen molar-refractivity contribution in [3.63, 3.8) is 0 Å². The molecule has 2 N–H and O–H groups in total. The zero-order valence-electron chi connectivity index (χ0n) is 12.1. The number of benzene rings is 1. The van der Waals surface area contributed by atoms with Crippen LogP contribution in [0.4, 0.5) is 0 Å². The minimum absolute atomic E-state index is 0.666. The van der Waals surface area contributed by atoms with Crippen molar-refractivity contribution >= 4 is 0 Å². The Morgan fingerprint density at radius 1 is 1.45 bits per heavy atom. The molecule has 0 aliphatic carbocycles. The number of nitriles is 1. The molecule has 0 aromatic heterocycles. The van der Waals surface area contributed by atoms with Gasteiger partial charge in [-0.15, -0.1) is 0 Å². The summed E-state index contributed by atoms with van der Waals surface area (Å²) >= 11 is 0. The molecule has 1 atom stereocenters. The van der Waals surface area contributed by atoms with E-state index in [1.165, 1.54) is 5.56 Å². The summed E-state index contributed by atoms with van der Waals surface area (Å²) in [4.78, 5) is 2.37. The maximum atomic E-state index is 9.09. The van der Waals surface area contributed by atoms with Crippen LogP contribution in [-0.4, -0.2) is 30.1 Å². The summed E-state index contributed by atoms with van der Waals surface area (Å²) in [6, 6.07) is 10.4. The SMILES string of the molecule is CCC(N)(C#N)CCCN1CCOc2ccccc2C1. The molecule has 1 aliphatic rings. The van der Waals surface area contributed by atoms with Gasteiger partial charge >= 0.3 is 0 Å². The van der Waals surface area contributed by atoms with E-state index < -0.39 is 5.54 Å². The van der Waals surface area contributed by atoms with Gasteiger partial charge in [0.25, 0.3) is 0 Å². The van der Waals surface area contributed by atoms with E-state index in [0.717, 1.165) is 44.8 Å². The number of ether oxygens (including phenoxy) is 1. The van der Waals surface area contributed by atoms with Crippen LogP contribution < -0.4 is 10.5 Å². The van der Waals surface area contributed by atoms with E-state index >= 15 is 0 Å². The standard InChI is InChI=1S/C16H23N3O/c1-2-16(18,13-17)8-5-9-19-10-11-20-15-7-4-3-6-14(15)12-19/h3-4,6-7H,2,5,8-12,18H2,1H3. The first-order valence-electron chi connectivity index (χ1n) is 7.30. The topological polar surface area (TPSA) is 62.3 Å². The van der Waals surface area contributed by atoms with E-state index in [1.54, 1.807) is 0 Å². The second-order valence-corrected chi connectivity index (χ2v) is 5.46. The lowest BCUT2D eigenvalue weighted by Gasteiger charge is -2.23. The summed E-state index contributed by atoms with van der Waals surface area (Å²) in [6.45, 7) is 5.48. The van der Waals surface area contributed by atoms with Crippen LogP contribution in [0.2, 0.25) is 0 Å². The molecule has 0 saturated carbocycles. The summed E-state index contributed by atoms with van der Waals surface area (Å²) in [5, 5.41) is 9.09. The molecule has 1 aromatic carbocycles. The normalized spacial score (nSPS) is 18.2. The van der Waals surface area contributed by atoms with Gasteiger partial charge in [-0.25, -0.2) is 0 Å². The van der Waals surface area contributed by atoms with Gasteiger partial charge in [0.05, 0.1) is 6.07 Å².